The van der Waals surface area contributed by atoms with E-state index < -0.39 is 28.0 Å². The van der Waals surface area contributed by atoms with E-state index in [9.17, 15) is 18.3 Å². The molecule has 1 fully saturated rings. The number of sulfonamides is 1. The van der Waals surface area contributed by atoms with Crippen LogP contribution in [0.1, 0.15) is 50.3 Å². The summed E-state index contributed by atoms with van der Waals surface area (Å²) in [4.78, 5) is 14.9. The van der Waals surface area contributed by atoms with Gasteiger partial charge in [-0.05, 0) is 47.7 Å². The summed E-state index contributed by atoms with van der Waals surface area (Å²) in [7, 11) is -1.82. The van der Waals surface area contributed by atoms with Crippen LogP contribution in [0.2, 0.25) is 0 Å². The van der Waals surface area contributed by atoms with Gasteiger partial charge in [-0.2, -0.15) is 0 Å². The van der Waals surface area contributed by atoms with E-state index in [1.54, 1.807) is 11.4 Å². The summed E-state index contributed by atoms with van der Waals surface area (Å²) < 4.78 is 44.0. The van der Waals surface area contributed by atoms with Gasteiger partial charge in [0.1, 0.15) is 5.75 Å². The van der Waals surface area contributed by atoms with Gasteiger partial charge in [-0.3, -0.25) is 9.69 Å². The van der Waals surface area contributed by atoms with Gasteiger partial charge < -0.3 is 19.3 Å². The lowest BCUT2D eigenvalue weighted by molar-refractivity contribution is -0.143. The number of carboxylic acids is 1. The van der Waals surface area contributed by atoms with Crippen molar-refractivity contribution >= 4 is 16.0 Å². The molecule has 4 rings (SSSR count). The molecule has 2 aliphatic heterocycles. The summed E-state index contributed by atoms with van der Waals surface area (Å²) in [6.45, 7) is 7.61. The number of methoxy groups -OCH3 is 1. The van der Waals surface area contributed by atoms with E-state index in [1.165, 1.54) is 0 Å². The molecule has 0 aliphatic carbocycles. The molecule has 9 nitrogen and oxygen atoms in total. The topological polar surface area (TPSA) is 106 Å². The van der Waals surface area contributed by atoms with Gasteiger partial charge in [0.15, 0.2) is 11.5 Å². The lowest BCUT2D eigenvalue weighted by Gasteiger charge is -2.30. The Morgan fingerprint density at radius 2 is 1.82 bits per heavy atom. The molecule has 0 spiro atoms. The minimum atomic E-state index is -3.41. The zero-order chi connectivity index (χ0) is 27.4. The second kappa shape index (κ2) is 11.9. The minimum Gasteiger partial charge on any atom is -0.497 e. The molecule has 3 unspecified atom stereocenters. The van der Waals surface area contributed by atoms with Crippen molar-refractivity contribution in [3.63, 3.8) is 0 Å². The van der Waals surface area contributed by atoms with Crippen LogP contribution in [0.25, 0.3) is 0 Å². The fraction of sp³-hybridized carbons (Fsp3) is 0.536. The van der Waals surface area contributed by atoms with Gasteiger partial charge >= 0.3 is 5.97 Å². The molecule has 0 saturated carbocycles. The molecule has 208 valence electrons. The summed E-state index contributed by atoms with van der Waals surface area (Å²) in [6, 6.07) is 12.6. The molecule has 1 N–H and O–H groups in total. The predicted molar refractivity (Wildman–Crippen MR) is 144 cm³/mol. The maximum Gasteiger partial charge on any atom is 0.309 e. The first-order valence-corrected chi connectivity index (χ1v) is 14.7. The molecule has 0 amide bonds. The number of hydrogen-bond acceptors (Lipinski definition) is 7. The second-order valence-electron chi connectivity index (χ2n) is 10.4. The molecular formula is C28H38N2O7S. The lowest BCUT2D eigenvalue weighted by atomic mass is 9.82. The smallest absolute Gasteiger partial charge is 0.309 e. The number of hydrogen-bond donors (Lipinski definition) is 1. The highest BCUT2D eigenvalue weighted by atomic mass is 32.2. The first-order chi connectivity index (χ1) is 18.1. The fourth-order valence-corrected chi connectivity index (χ4v) is 7.18. The van der Waals surface area contributed by atoms with E-state index in [-0.39, 0.29) is 24.4 Å². The van der Waals surface area contributed by atoms with Crippen molar-refractivity contribution in [2.75, 3.05) is 45.8 Å². The number of aliphatic carboxylic acids is 1. The zero-order valence-electron chi connectivity index (χ0n) is 22.5. The number of nitrogens with zero attached hydrogens (tertiary/aromatic N) is 2. The maximum atomic E-state index is 13.0. The first-order valence-electron chi connectivity index (χ1n) is 13.1. The molecule has 0 bridgehead atoms. The minimum absolute atomic E-state index is 0.0964. The van der Waals surface area contributed by atoms with E-state index in [1.807, 2.05) is 63.2 Å². The van der Waals surface area contributed by atoms with Crippen molar-refractivity contribution in [3.05, 3.63) is 53.6 Å². The summed E-state index contributed by atoms with van der Waals surface area (Å²) in [5.74, 6) is 0.256. The highest BCUT2D eigenvalue weighted by molar-refractivity contribution is 7.89. The van der Waals surface area contributed by atoms with Crippen LogP contribution < -0.4 is 14.2 Å². The molecule has 1 saturated heterocycles. The largest absolute Gasteiger partial charge is 0.497 e. The van der Waals surface area contributed by atoms with Crippen molar-refractivity contribution in [2.24, 2.45) is 11.8 Å². The molecule has 3 atom stereocenters. The molecule has 2 aromatic carbocycles. The van der Waals surface area contributed by atoms with Gasteiger partial charge in [0.2, 0.25) is 16.8 Å². The Bertz CT molecular complexity index is 1220. The Morgan fingerprint density at radius 3 is 2.45 bits per heavy atom. The van der Waals surface area contributed by atoms with Crippen LogP contribution in [0.5, 0.6) is 17.2 Å². The third-order valence-electron chi connectivity index (χ3n) is 7.23. The molecule has 2 aromatic rings. The highest BCUT2D eigenvalue weighted by Gasteiger charge is 2.47. The number of fused-ring (bicyclic) bond motifs is 1. The molecule has 0 aromatic heterocycles. The van der Waals surface area contributed by atoms with Crippen LogP contribution in [0.15, 0.2) is 42.5 Å². The maximum absolute atomic E-state index is 13.0. The average molecular weight is 547 g/mol. The van der Waals surface area contributed by atoms with Gasteiger partial charge in [0.05, 0.1) is 18.8 Å². The Morgan fingerprint density at radius 1 is 1.13 bits per heavy atom. The van der Waals surface area contributed by atoms with Gasteiger partial charge in [-0.15, -0.1) is 0 Å². The van der Waals surface area contributed by atoms with E-state index in [0.717, 1.165) is 11.1 Å². The Hall–Kier alpha value is -2.82. The Labute approximate surface area is 225 Å². The van der Waals surface area contributed by atoms with Gasteiger partial charge in [-0.1, -0.05) is 39.0 Å². The van der Waals surface area contributed by atoms with Crippen molar-refractivity contribution in [2.45, 2.75) is 39.2 Å². The van der Waals surface area contributed by atoms with E-state index >= 15 is 0 Å². The number of carbonyl (C=O) groups is 1. The summed E-state index contributed by atoms with van der Waals surface area (Å²) in [5.41, 5.74) is 1.72. The molecule has 10 heteroatoms. The van der Waals surface area contributed by atoms with Crippen LogP contribution in [0.3, 0.4) is 0 Å². The quantitative estimate of drug-likeness (QED) is 0.427. The molecule has 2 aliphatic rings. The fourth-order valence-electron chi connectivity index (χ4n) is 5.52. The summed E-state index contributed by atoms with van der Waals surface area (Å²) >= 11 is 0. The third kappa shape index (κ3) is 6.08. The number of rotatable bonds is 12. The number of ether oxygens (including phenoxy) is 3. The first kappa shape index (κ1) is 28.2. The SMILES string of the molecule is CCCS(=O)(=O)N(CCN1CC(c2ccc3c(c2)OCO3)C(C(=O)O)C1c1ccc(OC)cc1)CC(C)C. The van der Waals surface area contributed by atoms with Gasteiger partial charge in [0, 0.05) is 38.1 Å². The van der Waals surface area contributed by atoms with Crippen LogP contribution in [0.4, 0.5) is 0 Å². The number of benzene rings is 2. The summed E-state index contributed by atoms with van der Waals surface area (Å²) in [6.07, 6.45) is 0.544. The molecule has 38 heavy (non-hydrogen) atoms. The predicted octanol–water partition coefficient (Wildman–Crippen LogP) is 3.96. The van der Waals surface area contributed by atoms with E-state index in [2.05, 4.69) is 4.90 Å². The van der Waals surface area contributed by atoms with Crippen molar-refractivity contribution in [1.82, 2.24) is 9.21 Å². The van der Waals surface area contributed by atoms with Crippen LogP contribution in [-0.2, 0) is 14.8 Å². The van der Waals surface area contributed by atoms with Crippen molar-refractivity contribution in [1.29, 1.82) is 0 Å². The Kier molecular flexibility index (Phi) is 8.85. The molecular weight excluding hydrogens is 508 g/mol. The van der Waals surface area contributed by atoms with Crippen molar-refractivity contribution < 1.29 is 32.5 Å². The van der Waals surface area contributed by atoms with Gasteiger partial charge in [-0.25, -0.2) is 12.7 Å². The van der Waals surface area contributed by atoms with Crippen LogP contribution in [-0.4, -0.2) is 74.5 Å². The van der Waals surface area contributed by atoms with Gasteiger partial charge in [0.25, 0.3) is 0 Å². The summed E-state index contributed by atoms with van der Waals surface area (Å²) in [5, 5.41) is 10.5. The van der Waals surface area contributed by atoms with Crippen LogP contribution >= 0.6 is 0 Å². The Balaban J connectivity index is 1.68. The highest BCUT2D eigenvalue weighted by Crippen LogP contribution is 2.47. The van der Waals surface area contributed by atoms with Crippen LogP contribution in [0, 0.1) is 11.8 Å². The molecule has 0 radical (unpaired) electrons. The van der Waals surface area contributed by atoms with Crippen molar-refractivity contribution in [3.8, 4) is 17.2 Å². The normalized spacial score (nSPS) is 21.4. The lowest BCUT2D eigenvalue weighted by Crippen LogP contribution is -2.42. The third-order valence-corrected chi connectivity index (χ3v) is 9.27. The zero-order valence-corrected chi connectivity index (χ0v) is 23.3. The number of carboxylic acid groups (broad SMARTS) is 1. The number of likely N-dealkylation sites (tertiary alicyclic amines) is 1. The monoisotopic (exact) mass is 546 g/mol. The standard InChI is InChI=1S/C28H38N2O7S/c1-5-14-38(33,34)30(16-19(2)3)13-12-29-17-23(21-8-11-24-25(15-21)37-18-36-24)26(28(31)32)27(29)20-6-9-22(35-4)10-7-20/h6-11,15,19,23,26-27H,5,12-14,16-18H2,1-4H3,(H,31,32). The second-order valence-corrected chi connectivity index (χ2v) is 12.5. The average Bonchev–Trinajstić information content (AvgIpc) is 3.50. The van der Waals surface area contributed by atoms with E-state index in [4.69, 9.17) is 14.2 Å². The van der Waals surface area contributed by atoms with E-state index in [0.29, 0.717) is 49.8 Å². The molecule has 2 heterocycles.